The van der Waals surface area contributed by atoms with Crippen LogP contribution >= 0.6 is 11.9 Å². The lowest BCUT2D eigenvalue weighted by Crippen LogP contribution is -3.00. The van der Waals surface area contributed by atoms with Gasteiger partial charge in [0.1, 0.15) is 18.2 Å². The van der Waals surface area contributed by atoms with E-state index in [1.807, 2.05) is 16.4 Å². The molecular weight excluding hydrogens is 184 g/mol. The van der Waals surface area contributed by atoms with Gasteiger partial charge in [-0.05, 0) is 6.92 Å². The predicted molar refractivity (Wildman–Crippen MR) is 39.5 cm³/mol. The average molecular weight is 193 g/mol. The summed E-state index contributed by atoms with van der Waals surface area (Å²) in [6, 6.07) is 0. The number of rotatable bonds is 3. The maximum atomic E-state index is 10.5. The van der Waals surface area contributed by atoms with Crippen LogP contribution in [0.3, 0.4) is 0 Å². The third-order valence-corrected chi connectivity index (χ3v) is 2.00. The highest BCUT2D eigenvalue weighted by Crippen LogP contribution is 1.91. The van der Waals surface area contributed by atoms with Gasteiger partial charge in [0.05, 0.1) is 17.7 Å². The predicted octanol–water partition coefficient (Wildman–Crippen LogP) is -2.61. The molecule has 0 unspecified atom stereocenters. The Morgan fingerprint density at radius 3 is 2.91 bits per heavy atom. The SMILES string of the molecule is CC(=O)CS[n+]1cc[nH]c1.[Cl-]. The zero-order valence-corrected chi connectivity index (χ0v) is 7.65. The minimum atomic E-state index is 0. The fourth-order valence-electron chi connectivity index (χ4n) is 0.522. The van der Waals surface area contributed by atoms with Gasteiger partial charge in [0, 0.05) is 0 Å². The van der Waals surface area contributed by atoms with Crippen molar-refractivity contribution < 1.29 is 21.2 Å². The van der Waals surface area contributed by atoms with Gasteiger partial charge in [0.15, 0.2) is 0 Å². The molecule has 0 aliphatic heterocycles. The molecule has 0 aromatic carbocycles. The molecule has 0 bridgehead atoms. The number of halogens is 1. The van der Waals surface area contributed by atoms with E-state index in [1.54, 1.807) is 13.3 Å². The van der Waals surface area contributed by atoms with Gasteiger partial charge in [0.25, 0.3) is 6.33 Å². The molecule has 1 rings (SSSR count). The minimum Gasteiger partial charge on any atom is -1.00 e. The van der Waals surface area contributed by atoms with E-state index >= 15 is 0 Å². The number of carbonyl (C=O) groups excluding carboxylic acids is 1. The Hall–Kier alpha value is -0.480. The number of hydrogen-bond donors (Lipinski definition) is 1. The van der Waals surface area contributed by atoms with Crippen molar-refractivity contribution in [3.05, 3.63) is 18.7 Å². The molecule has 1 aromatic rings. The van der Waals surface area contributed by atoms with Crippen LogP contribution in [0.5, 0.6) is 0 Å². The first kappa shape index (κ1) is 10.5. The van der Waals surface area contributed by atoms with Gasteiger partial charge in [-0.2, -0.15) is 3.97 Å². The van der Waals surface area contributed by atoms with E-state index in [0.717, 1.165) is 0 Å². The number of aromatic nitrogens is 2. The number of ketones is 1. The van der Waals surface area contributed by atoms with Crippen molar-refractivity contribution in [1.82, 2.24) is 4.98 Å². The van der Waals surface area contributed by atoms with E-state index in [2.05, 4.69) is 4.98 Å². The fraction of sp³-hybridized carbons (Fsp3) is 0.333. The second-order valence-corrected chi connectivity index (χ2v) is 2.92. The van der Waals surface area contributed by atoms with E-state index < -0.39 is 0 Å². The van der Waals surface area contributed by atoms with Crippen LogP contribution in [0.25, 0.3) is 0 Å². The zero-order valence-electron chi connectivity index (χ0n) is 6.08. The summed E-state index contributed by atoms with van der Waals surface area (Å²) in [4.78, 5) is 13.4. The highest BCUT2D eigenvalue weighted by atomic mass is 35.5. The largest absolute Gasteiger partial charge is 1.00 e. The van der Waals surface area contributed by atoms with Crippen molar-refractivity contribution in [2.75, 3.05) is 5.75 Å². The van der Waals surface area contributed by atoms with E-state index in [1.165, 1.54) is 11.9 Å². The van der Waals surface area contributed by atoms with Crippen LogP contribution in [-0.4, -0.2) is 16.5 Å². The van der Waals surface area contributed by atoms with Crippen molar-refractivity contribution in [2.45, 2.75) is 6.92 Å². The Morgan fingerprint density at radius 2 is 2.45 bits per heavy atom. The molecule has 5 heteroatoms. The quantitative estimate of drug-likeness (QED) is 0.533. The summed E-state index contributed by atoms with van der Waals surface area (Å²) in [5.74, 6) is 0.724. The maximum absolute atomic E-state index is 10.5. The summed E-state index contributed by atoms with van der Waals surface area (Å²) in [7, 11) is 0. The molecule has 1 aromatic heterocycles. The number of nitrogens with one attached hydrogen (secondary N) is 1. The molecule has 0 saturated heterocycles. The molecule has 0 fully saturated rings. The second-order valence-electron chi connectivity index (χ2n) is 1.95. The van der Waals surface area contributed by atoms with E-state index in [4.69, 9.17) is 0 Å². The number of H-pyrrole nitrogens is 1. The summed E-state index contributed by atoms with van der Waals surface area (Å²) in [6.45, 7) is 1.58. The van der Waals surface area contributed by atoms with Crippen LogP contribution in [0.1, 0.15) is 6.92 Å². The van der Waals surface area contributed by atoms with Crippen molar-refractivity contribution in [2.24, 2.45) is 0 Å². The molecule has 11 heavy (non-hydrogen) atoms. The third-order valence-electron chi connectivity index (χ3n) is 0.936. The van der Waals surface area contributed by atoms with E-state index in [-0.39, 0.29) is 18.2 Å². The normalized spacial score (nSPS) is 8.82. The van der Waals surface area contributed by atoms with Crippen LogP contribution in [0.4, 0.5) is 0 Å². The molecule has 1 N–H and O–H groups in total. The molecular formula is C6H9ClN2OS. The monoisotopic (exact) mass is 192 g/mol. The first-order valence-electron chi connectivity index (χ1n) is 2.96. The smallest absolute Gasteiger partial charge is 0.253 e. The van der Waals surface area contributed by atoms with Gasteiger partial charge < -0.3 is 12.4 Å². The summed E-state index contributed by atoms with van der Waals surface area (Å²) in [5.41, 5.74) is 0. The molecule has 0 aliphatic rings. The Kier molecular flexibility index (Phi) is 4.98. The number of carbonyl (C=O) groups is 1. The first-order chi connectivity index (χ1) is 4.79. The lowest BCUT2D eigenvalue weighted by Gasteiger charge is -1.87. The molecule has 62 valence electrons. The first-order valence-corrected chi connectivity index (χ1v) is 3.90. The Labute approximate surface area is 75.7 Å². The summed E-state index contributed by atoms with van der Waals surface area (Å²) >= 11 is 1.47. The van der Waals surface area contributed by atoms with Crippen LogP contribution in [0.15, 0.2) is 18.7 Å². The molecule has 3 nitrogen and oxygen atoms in total. The Bertz CT molecular complexity index is 212. The highest BCUT2D eigenvalue weighted by Gasteiger charge is 1.99. The molecule has 0 radical (unpaired) electrons. The zero-order chi connectivity index (χ0) is 7.40. The highest BCUT2D eigenvalue weighted by molar-refractivity contribution is 7.93. The van der Waals surface area contributed by atoms with Crippen molar-refractivity contribution >= 4 is 17.7 Å². The summed E-state index contributed by atoms with van der Waals surface area (Å²) < 4.78 is 1.86. The number of aromatic amines is 1. The number of nitrogens with zero attached hydrogens (tertiary/aromatic N) is 1. The second kappa shape index (κ2) is 5.21. The van der Waals surface area contributed by atoms with Gasteiger partial charge in [-0.25, -0.2) is 4.98 Å². The summed E-state index contributed by atoms with van der Waals surface area (Å²) in [5, 5.41) is 0. The summed E-state index contributed by atoms with van der Waals surface area (Å²) in [6.07, 6.45) is 5.48. The third kappa shape index (κ3) is 4.06. The molecule has 0 amide bonds. The van der Waals surface area contributed by atoms with Gasteiger partial charge in [-0.3, -0.25) is 4.79 Å². The van der Waals surface area contributed by atoms with E-state index in [9.17, 15) is 4.79 Å². The van der Waals surface area contributed by atoms with E-state index in [0.29, 0.717) is 5.75 Å². The lowest BCUT2D eigenvalue weighted by atomic mass is 10.5. The molecule has 1 heterocycles. The molecule has 0 spiro atoms. The minimum absolute atomic E-state index is 0. The topological polar surface area (TPSA) is 36.7 Å². The molecule has 0 aliphatic carbocycles. The van der Waals surface area contributed by atoms with Crippen LogP contribution < -0.4 is 16.4 Å². The maximum Gasteiger partial charge on any atom is 0.253 e. The van der Waals surface area contributed by atoms with Crippen LogP contribution in [0.2, 0.25) is 0 Å². The van der Waals surface area contributed by atoms with Gasteiger partial charge >= 0.3 is 0 Å². The number of imidazole rings is 1. The Balaban J connectivity index is 0.000001000. The average Bonchev–Trinajstić information content (AvgIpc) is 2.34. The fourth-order valence-corrected chi connectivity index (χ4v) is 1.13. The lowest BCUT2D eigenvalue weighted by molar-refractivity contribution is -0.492. The van der Waals surface area contributed by atoms with Crippen molar-refractivity contribution in [3.63, 3.8) is 0 Å². The number of Topliss-reactive ketones (excluding diaryl/α,β-unsaturated/α-hetero) is 1. The van der Waals surface area contributed by atoms with Crippen LogP contribution in [0, 0.1) is 0 Å². The van der Waals surface area contributed by atoms with Gasteiger partial charge in [-0.1, -0.05) is 0 Å². The molecule has 0 atom stereocenters. The van der Waals surface area contributed by atoms with Gasteiger partial charge in [-0.15, -0.1) is 0 Å². The Morgan fingerprint density at radius 1 is 1.73 bits per heavy atom. The van der Waals surface area contributed by atoms with Gasteiger partial charge in [0.2, 0.25) is 0 Å². The van der Waals surface area contributed by atoms with Crippen LogP contribution in [-0.2, 0) is 4.79 Å². The van der Waals surface area contributed by atoms with Crippen molar-refractivity contribution in [1.29, 1.82) is 0 Å². The molecule has 0 saturated carbocycles. The van der Waals surface area contributed by atoms with Crippen molar-refractivity contribution in [3.8, 4) is 0 Å². The standard InChI is InChI=1S/C6H8N2OS.ClH/c1-6(9)4-10-8-3-2-7-5-8;/h2-3,5H,4H2,1H3;1H. The number of hydrogen-bond acceptors (Lipinski definition) is 2.